The lowest BCUT2D eigenvalue weighted by atomic mass is 10.1. The number of aryl methyl sites for hydroxylation is 1. The van der Waals surface area contributed by atoms with Gasteiger partial charge < -0.3 is 15.5 Å². The second kappa shape index (κ2) is 6.96. The molecule has 1 aromatic heterocycles. The first-order chi connectivity index (χ1) is 10.6. The van der Waals surface area contributed by atoms with Gasteiger partial charge in [0.25, 0.3) is 0 Å². The summed E-state index contributed by atoms with van der Waals surface area (Å²) < 4.78 is 0. The van der Waals surface area contributed by atoms with Gasteiger partial charge in [0.1, 0.15) is 0 Å². The normalized spacial score (nSPS) is 23.5. The van der Waals surface area contributed by atoms with Crippen LogP contribution in [0, 0.1) is 12.8 Å². The highest BCUT2D eigenvalue weighted by Gasteiger charge is 2.34. The molecule has 1 aliphatic carbocycles. The second-order valence-electron chi connectivity index (χ2n) is 6.68. The molecule has 2 fully saturated rings. The van der Waals surface area contributed by atoms with Crippen molar-refractivity contribution in [2.75, 3.05) is 26.2 Å². The van der Waals surface area contributed by atoms with Crippen LogP contribution in [0.5, 0.6) is 0 Å². The second-order valence-corrected chi connectivity index (χ2v) is 7.95. The molecule has 22 heavy (non-hydrogen) atoms. The molecule has 1 saturated carbocycles. The zero-order valence-corrected chi connectivity index (χ0v) is 14.3. The van der Waals surface area contributed by atoms with Crippen molar-refractivity contribution in [2.24, 2.45) is 5.92 Å². The first-order valence-corrected chi connectivity index (χ1v) is 9.11. The molecule has 2 amide bonds. The van der Waals surface area contributed by atoms with Crippen molar-refractivity contribution in [3.8, 4) is 0 Å². The fourth-order valence-corrected chi connectivity index (χ4v) is 3.86. The Morgan fingerprint density at radius 3 is 2.95 bits per heavy atom. The van der Waals surface area contributed by atoms with E-state index in [9.17, 15) is 4.79 Å². The number of hydrogen-bond donors (Lipinski definition) is 2. The van der Waals surface area contributed by atoms with Crippen molar-refractivity contribution in [1.82, 2.24) is 20.5 Å². The van der Waals surface area contributed by atoms with E-state index in [-0.39, 0.29) is 11.9 Å². The van der Waals surface area contributed by atoms with Gasteiger partial charge in [-0.15, -0.1) is 11.3 Å². The zero-order chi connectivity index (χ0) is 15.5. The van der Waals surface area contributed by atoms with Gasteiger partial charge in [-0.3, -0.25) is 0 Å². The van der Waals surface area contributed by atoms with E-state index < -0.39 is 0 Å². The summed E-state index contributed by atoms with van der Waals surface area (Å²) in [4.78, 5) is 20.1. The van der Waals surface area contributed by atoms with Crippen LogP contribution in [0.15, 0.2) is 6.20 Å². The van der Waals surface area contributed by atoms with Gasteiger partial charge in [-0.1, -0.05) is 6.92 Å². The summed E-state index contributed by atoms with van der Waals surface area (Å²) in [5.41, 5.74) is 0. The van der Waals surface area contributed by atoms with Gasteiger partial charge in [0.2, 0.25) is 0 Å². The molecule has 0 radical (unpaired) electrons. The number of nitrogens with zero attached hydrogens (tertiary/aromatic N) is 2. The van der Waals surface area contributed by atoms with E-state index in [2.05, 4.69) is 34.4 Å². The zero-order valence-electron chi connectivity index (χ0n) is 13.5. The summed E-state index contributed by atoms with van der Waals surface area (Å²) in [7, 11) is 0. The number of carbonyl (C=O) groups excluding carboxylic acids is 1. The summed E-state index contributed by atoms with van der Waals surface area (Å²) >= 11 is 1.70. The van der Waals surface area contributed by atoms with E-state index in [0.29, 0.717) is 12.5 Å². The smallest absolute Gasteiger partial charge is 0.314 e. The van der Waals surface area contributed by atoms with Gasteiger partial charge in [0.05, 0.1) is 5.01 Å². The number of amides is 2. The van der Waals surface area contributed by atoms with Crippen LogP contribution in [-0.2, 0) is 0 Å². The molecule has 0 bridgehead atoms. The number of nitrogens with one attached hydrogen (secondary N) is 2. The van der Waals surface area contributed by atoms with Crippen LogP contribution in [0.25, 0.3) is 0 Å². The quantitative estimate of drug-likeness (QED) is 0.845. The van der Waals surface area contributed by atoms with E-state index in [1.165, 1.54) is 30.7 Å². The summed E-state index contributed by atoms with van der Waals surface area (Å²) in [5.74, 6) is 0.881. The van der Waals surface area contributed by atoms with Gasteiger partial charge in [0.15, 0.2) is 0 Å². The molecular formula is C16H26N4OS. The number of urea groups is 1. The van der Waals surface area contributed by atoms with Crippen molar-refractivity contribution >= 4 is 17.4 Å². The highest BCUT2D eigenvalue weighted by atomic mass is 32.1. The molecule has 0 aromatic carbocycles. The predicted molar refractivity (Wildman–Crippen MR) is 89.4 cm³/mol. The molecule has 1 aliphatic heterocycles. The molecule has 1 aromatic rings. The lowest BCUT2D eigenvalue weighted by molar-refractivity contribution is 0.238. The first-order valence-electron chi connectivity index (χ1n) is 8.30. The first kappa shape index (κ1) is 15.7. The molecule has 2 atom stereocenters. The lowest BCUT2D eigenvalue weighted by Gasteiger charge is -2.16. The molecule has 0 unspecified atom stereocenters. The average Bonchev–Trinajstić information content (AvgIpc) is 3.09. The molecule has 2 heterocycles. The van der Waals surface area contributed by atoms with Crippen molar-refractivity contribution in [2.45, 2.75) is 45.1 Å². The SMILES string of the molecule is Cc1cnc([C@H](C)CNC(=O)NC[C@H]2CCN(C3CC3)C2)s1. The van der Waals surface area contributed by atoms with E-state index >= 15 is 0 Å². The van der Waals surface area contributed by atoms with Gasteiger partial charge >= 0.3 is 6.03 Å². The minimum absolute atomic E-state index is 0.0509. The summed E-state index contributed by atoms with van der Waals surface area (Å²) in [5, 5.41) is 7.08. The van der Waals surface area contributed by atoms with Crippen molar-refractivity contribution in [1.29, 1.82) is 0 Å². The fraction of sp³-hybridized carbons (Fsp3) is 0.750. The number of rotatable bonds is 6. The maximum atomic E-state index is 11.9. The van der Waals surface area contributed by atoms with Crippen molar-refractivity contribution < 1.29 is 4.79 Å². The van der Waals surface area contributed by atoms with Crippen LogP contribution in [0.4, 0.5) is 4.79 Å². The number of thiazole rings is 1. The monoisotopic (exact) mass is 322 g/mol. The largest absolute Gasteiger partial charge is 0.338 e. The number of likely N-dealkylation sites (tertiary alicyclic amines) is 1. The third kappa shape index (κ3) is 4.20. The van der Waals surface area contributed by atoms with Crippen LogP contribution in [-0.4, -0.2) is 48.1 Å². The topological polar surface area (TPSA) is 57.3 Å². The van der Waals surface area contributed by atoms with Crippen molar-refractivity contribution in [3.63, 3.8) is 0 Å². The van der Waals surface area contributed by atoms with Gasteiger partial charge in [-0.25, -0.2) is 9.78 Å². The third-order valence-electron chi connectivity index (χ3n) is 4.56. The molecule has 2 N–H and O–H groups in total. The van der Waals surface area contributed by atoms with Gasteiger partial charge in [-0.05, 0) is 38.6 Å². The third-order valence-corrected chi connectivity index (χ3v) is 5.71. The molecule has 122 valence electrons. The summed E-state index contributed by atoms with van der Waals surface area (Å²) in [6, 6.07) is 0.798. The number of carbonyl (C=O) groups is 1. The van der Waals surface area contributed by atoms with E-state index in [1.807, 2.05) is 6.20 Å². The van der Waals surface area contributed by atoms with Gasteiger partial charge in [-0.2, -0.15) is 0 Å². The molecule has 5 nitrogen and oxygen atoms in total. The summed E-state index contributed by atoms with van der Waals surface area (Å²) in [6.45, 7) is 7.94. The minimum atomic E-state index is -0.0509. The molecule has 0 spiro atoms. The molecule has 2 aliphatic rings. The van der Waals surface area contributed by atoms with E-state index in [4.69, 9.17) is 0 Å². The van der Waals surface area contributed by atoms with E-state index in [1.54, 1.807) is 11.3 Å². The fourth-order valence-electron chi connectivity index (χ4n) is 3.03. The number of hydrogen-bond acceptors (Lipinski definition) is 4. The Labute approximate surface area is 136 Å². The molecule has 1 saturated heterocycles. The Hall–Kier alpha value is -1.14. The van der Waals surface area contributed by atoms with Crippen LogP contribution in [0.2, 0.25) is 0 Å². The van der Waals surface area contributed by atoms with Crippen molar-refractivity contribution in [3.05, 3.63) is 16.1 Å². The maximum Gasteiger partial charge on any atom is 0.314 e. The summed E-state index contributed by atoms with van der Waals surface area (Å²) in [6.07, 6.45) is 5.84. The Morgan fingerprint density at radius 2 is 2.27 bits per heavy atom. The van der Waals surface area contributed by atoms with Crippen LogP contribution in [0.1, 0.15) is 42.0 Å². The lowest BCUT2D eigenvalue weighted by Crippen LogP contribution is -2.40. The Bertz CT molecular complexity index is 514. The standard InChI is InChI=1S/C16H26N4OS/c1-11(15-17-8-12(2)22-15)7-18-16(21)19-9-13-5-6-20(10-13)14-3-4-14/h8,11,13-14H,3-7,9-10H2,1-2H3,(H2,18,19,21)/t11-,13-/m1/s1. The van der Waals surface area contributed by atoms with Crippen LogP contribution < -0.4 is 10.6 Å². The molecular weight excluding hydrogens is 296 g/mol. The number of aromatic nitrogens is 1. The molecule has 3 rings (SSSR count). The average molecular weight is 322 g/mol. The van der Waals surface area contributed by atoms with Crippen LogP contribution in [0.3, 0.4) is 0 Å². The predicted octanol–water partition coefficient (Wildman–Crippen LogP) is 2.34. The van der Waals surface area contributed by atoms with Gasteiger partial charge in [0, 0.05) is 42.7 Å². The maximum absolute atomic E-state index is 11.9. The molecule has 6 heteroatoms. The van der Waals surface area contributed by atoms with Crippen LogP contribution >= 0.6 is 11.3 Å². The minimum Gasteiger partial charge on any atom is -0.338 e. The Kier molecular flexibility index (Phi) is 4.98. The Morgan fingerprint density at radius 1 is 1.45 bits per heavy atom. The highest BCUT2D eigenvalue weighted by Crippen LogP contribution is 2.31. The Balaban J connectivity index is 1.32. The highest BCUT2D eigenvalue weighted by molar-refractivity contribution is 7.11. The van der Waals surface area contributed by atoms with E-state index in [0.717, 1.165) is 24.1 Å².